The summed E-state index contributed by atoms with van der Waals surface area (Å²) in [7, 11) is 1.61. The molecule has 0 saturated heterocycles. The number of ether oxygens (including phenoxy) is 2. The molecule has 7 heteroatoms. The minimum absolute atomic E-state index is 0.286. The van der Waals surface area contributed by atoms with Crippen molar-refractivity contribution in [3.63, 3.8) is 0 Å². The number of benzene rings is 2. The van der Waals surface area contributed by atoms with Gasteiger partial charge in [-0.15, -0.1) is 0 Å². The average molecular weight is 424 g/mol. The van der Waals surface area contributed by atoms with E-state index in [-0.39, 0.29) is 12.0 Å². The topological polar surface area (TPSA) is 82.8 Å². The van der Waals surface area contributed by atoms with Crippen LogP contribution in [0.15, 0.2) is 59.2 Å². The van der Waals surface area contributed by atoms with Crippen molar-refractivity contribution in [3.05, 3.63) is 66.1 Å². The minimum Gasteiger partial charge on any atom is -0.493 e. The minimum atomic E-state index is -0.291. The highest BCUT2D eigenvalue weighted by Crippen LogP contribution is 2.32. The number of nitrogens with zero attached hydrogens (tertiary/aromatic N) is 1. The van der Waals surface area contributed by atoms with Crippen LogP contribution in [0.3, 0.4) is 0 Å². The van der Waals surface area contributed by atoms with E-state index < -0.39 is 0 Å². The van der Waals surface area contributed by atoms with Crippen molar-refractivity contribution in [2.45, 2.75) is 33.3 Å². The molecule has 164 valence electrons. The summed E-state index contributed by atoms with van der Waals surface area (Å²) < 4.78 is 16.9. The zero-order valence-electron chi connectivity index (χ0n) is 18.3. The number of hydrogen-bond donors (Lipinski definition) is 1. The quantitative estimate of drug-likeness (QED) is 0.476. The normalized spacial score (nSPS) is 11.9. The average Bonchev–Trinajstić information content (AvgIpc) is 3.24. The highest BCUT2D eigenvalue weighted by Gasteiger charge is 2.15. The smallest absolute Gasteiger partial charge is 0.274 e. The predicted molar refractivity (Wildman–Crippen MR) is 117 cm³/mol. The van der Waals surface area contributed by atoms with E-state index in [1.807, 2.05) is 31.2 Å². The van der Waals surface area contributed by atoms with Crippen molar-refractivity contribution in [1.82, 2.24) is 10.5 Å². The fourth-order valence-corrected chi connectivity index (χ4v) is 2.85. The molecule has 1 amide bonds. The Balaban J connectivity index is 1.60. The van der Waals surface area contributed by atoms with Crippen molar-refractivity contribution in [3.8, 4) is 23.0 Å². The van der Waals surface area contributed by atoms with E-state index in [0.29, 0.717) is 41.9 Å². The van der Waals surface area contributed by atoms with Crippen LogP contribution in [0.1, 0.15) is 36.8 Å². The number of rotatable bonds is 10. The van der Waals surface area contributed by atoms with Crippen LogP contribution in [-0.4, -0.2) is 30.7 Å². The summed E-state index contributed by atoms with van der Waals surface area (Å²) in [5, 5.41) is 0. The maximum Gasteiger partial charge on any atom is 0.274 e. The Morgan fingerprint density at radius 3 is 2.58 bits per heavy atom. The molecule has 1 N–H and O–H groups in total. The number of carbonyl (C=O) groups excluding carboxylic acids is 1. The van der Waals surface area contributed by atoms with E-state index in [0.717, 1.165) is 11.3 Å². The van der Waals surface area contributed by atoms with E-state index in [9.17, 15) is 4.79 Å². The number of nitrogens with one attached hydrogen (secondary N) is 1. The molecule has 0 aliphatic heterocycles. The Hall–Kier alpha value is -3.32. The Labute approximate surface area is 182 Å². The van der Waals surface area contributed by atoms with Gasteiger partial charge in [0.15, 0.2) is 11.5 Å². The second-order valence-corrected chi connectivity index (χ2v) is 7.64. The Morgan fingerprint density at radius 2 is 1.87 bits per heavy atom. The first-order chi connectivity index (χ1) is 15.0. The first-order valence-electron chi connectivity index (χ1n) is 10.2. The van der Waals surface area contributed by atoms with E-state index >= 15 is 0 Å². The van der Waals surface area contributed by atoms with Gasteiger partial charge in [-0.3, -0.25) is 9.63 Å². The fourth-order valence-electron chi connectivity index (χ4n) is 2.85. The van der Waals surface area contributed by atoms with Crippen molar-refractivity contribution < 1.29 is 23.5 Å². The van der Waals surface area contributed by atoms with E-state index in [2.05, 4.69) is 24.3 Å². The van der Waals surface area contributed by atoms with Crippen LogP contribution in [-0.2, 0) is 11.3 Å². The largest absolute Gasteiger partial charge is 0.493 e. The number of hydrogen-bond acceptors (Lipinski definition) is 6. The number of methoxy groups -OCH3 is 1. The second kappa shape index (κ2) is 10.6. The van der Waals surface area contributed by atoms with Crippen LogP contribution >= 0.6 is 0 Å². The summed E-state index contributed by atoms with van der Waals surface area (Å²) in [5.74, 6) is 1.89. The van der Waals surface area contributed by atoms with Crippen LogP contribution < -0.4 is 15.0 Å². The van der Waals surface area contributed by atoms with Gasteiger partial charge in [0.05, 0.1) is 25.5 Å². The summed E-state index contributed by atoms with van der Waals surface area (Å²) in [6.07, 6.45) is 1.78. The number of aromatic nitrogens is 1. The summed E-state index contributed by atoms with van der Waals surface area (Å²) in [5.41, 5.74) is 4.52. The Kier molecular flexibility index (Phi) is 7.67. The van der Waals surface area contributed by atoms with Crippen LogP contribution in [0.5, 0.6) is 11.5 Å². The molecule has 0 saturated carbocycles. The number of hydroxylamine groups is 1. The lowest BCUT2D eigenvalue weighted by Crippen LogP contribution is -2.29. The van der Waals surface area contributed by atoms with Crippen molar-refractivity contribution in [2.24, 2.45) is 5.92 Å². The molecule has 31 heavy (non-hydrogen) atoms. The third kappa shape index (κ3) is 6.33. The molecule has 0 aliphatic rings. The number of carbonyl (C=O) groups is 1. The van der Waals surface area contributed by atoms with Gasteiger partial charge >= 0.3 is 0 Å². The maximum absolute atomic E-state index is 12.1. The lowest BCUT2D eigenvalue weighted by Gasteiger charge is -2.13. The third-order valence-corrected chi connectivity index (χ3v) is 4.42. The monoisotopic (exact) mass is 424 g/mol. The van der Waals surface area contributed by atoms with Crippen molar-refractivity contribution in [1.29, 1.82) is 0 Å². The van der Waals surface area contributed by atoms with E-state index in [1.165, 1.54) is 0 Å². The van der Waals surface area contributed by atoms with Gasteiger partial charge in [0.2, 0.25) is 5.89 Å². The van der Waals surface area contributed by atoms with Gasteiger partial charge in [-0.2, -0.15) is 0 Å². The van der Waals surface area contributed by atoms with Crippen LogP contribution in [0.2, 0.25) is 0 Å². The van der Waals surface area contributed by atoms with Crippen LogP contribution in [0.25, 0.3) is 11.5 Å². The molecule has 0 fully saturated rings. The highest BCUT2D eigenvalue weighted by molar-refractivity contribution is 5.93. The zero-order valence-corrected chi connectivity index (χ0v) is 18.3. The Bertz CT molecular complexity index is 985. The van der Waals surface area contributed by atoms with Crippen LogP contribution in [0.4, 0.5) is 0 Å². The van der Waals surface area contributed by atoms with Crippen LogP contribution in [0, 0.1) is 5.92 Å². The summed E-state index contributed by atoms with van der Waals surface area (Å²) in [6.45, 7) is 6.61. The Morgan fingerprint density at radius 1 is 1.10 bits per heavy atom. The fraction of sp³-hybridized carbons (Fsp3) is 0.333. The second-order valence-electron chi connectivity index (χ2n) is 7.64. The number of oxazole rings is 1. The van der Waals surface area contributed by atoms with Gasteiger partial charge in [0.25, 0.3) is 5.91 Å². The van der Waals surface area contributed by atoms with Gasteiger partial charge in [-0.1, -0.05) is 32.0 Å². The summed E-state index contributed by atoms with van der Waals surface area (Å²) in [4.78, 5) is 22.1. The van der Waals surface area contributed by atoms with Gasteiger partial charge in [-0.25, -0.2) is 10.5 Å². The van der Waals surface area contributed by atoms with E-state index in [1.54, 1.807) is 37.6 Å². The van der Waals surface area contributed by atoms with Gasteiger partial charge in [0.1, 0.15) is 6.26 Å². The van der Waals surface area contributed by atoms with Crippen molar-refractivity contribution in [2.75, 3.05) is 13.7 Å². The molecular formula is C24H28N2O5. The lowest BCUT2D eigenvalue weighted by atomic mass is 10.2. The molecule has 0 bridgehead atoms. The maximum atomic E-state index is 12.1. The molecule has 0 aliphatic carbocycles. The lowest BCUT2D eigenvalue weighted by molar-refractivity contribution is -0.00770. The van der Waals surface area contributed by atoms with Crippen molar-refractivity contribution >= 4 is 5.91 Å². The molecule has 0 spiro atoms. The first-order valence-corrected chi connectivity index (χ1v) is 10.2. The van der Waals surface area contributed by atoms with Gasteiger partial charge in [-0.05, 0) is 43.2 Å². The molecule has 7 nitrogen and oxygen atoms in total. The predicted octanol–water partition coefficient (Wildman–Crippen LogP) is 4.68. The molecule has 1 heterocycles. The summed E-state index contributed by atoms with van der Waals surface area (Å²) >= 11 is 0. The molecular weight excluding hydrogens is 396 g/mol. The molecule has 0 radical (unpaired) electrons. The number of amides is 1. The molecule has 2 aromatic carbocycles. The highest BCUT2D eigenvalue weighted by atomic mass is 16.7. The molecule has 3 rings (SSSR count). The third-order valence-electron chi connectivity index (χ3n) is 4.42. The summed E-state index contributed by atoms with van der Waals surface area (Å²) in [6, 6.07) is 14.5. The van der Waals surface area contributed by atoms with Gasteiger partial charge < -0.3 is 13.9 Å². The van der Waals surface area contributed by atoms with Gasteiger partial charge in [0, 0.05) is 17.5 Å². The molecule has 1 atom stereocenters. The molecule has 1 aromatic heterocycles. The molecule has 1 unspecified atom stereocenters. The first kappa shape index (κ1) is 22.4. The molecule has 3 aromatic rings. The zero-order chi connectivity index (χ0) is 22.2. The van der Waals surface area contributed by atoms with E-state index in [4.69, 9.17) is 18.7 Å². The SMILES string of the molecule is COc1ccc(-c2nc(CC(C)ONC(=O)c3ccccc3)co2)cc1OCC(C)C. The standard InChI is InChI=1S/C24H28N2O5/c1-16(2)14-29-22-13-19(10-11-21(22)28-4)24-25-20(15-30-24)12-17(3)31-26-23(27)18-8-6-5-7-9-18/h5-11,13,15-17H,12,14H2,1-4H3,(H,26,27).